The molecule has 1 atom stereocenters. The van der Waals surface area contributed by atoms with E-state index in [0.717, 1.165) is 8.61 Å². The van der Waals surface area contributed by atoms with Gasteiger partial charge < -0.3 is 15.2 Å². The molecule has 0 aromatic rings. The molecule has 1 amide bonds. The van der Waals surface area contributed by atoms with Gasteiger partial charge in [0.05, 0.1) is 19.8 Å². The van der Waals surface area contributed by atoms with Crippen LogP contribution in [0.1, 0.15) is 0 Å². The number of nitrogens with zero attached hydrogens (tertiary/aromatic N) is 2. The van der Waals surface area contributed by atoms with Crippen molar-refractivity contribution >= 4 is 22.1 Å². The van der Waals surface area contributed by atoms with Crippen LogP contribution in [0.5, 0.6) is 0 Å². The van der Waals surface area contributed by atoms with Gasteiger partial charge in [0.2, 0.25) is 5.91 Å². The van der Waals surface area contributed by atoms with E-state index in [0.29, 0.717) is 0 Å². The van der Waals surface area contributed by atoms with Gasteiger partial charge in [-0.3, -0.25) is 9.59 Å². The lowest BCUT2D eigenvalue weighted by Gasteiger charge is -2.36. The van der Waals surface area contributed by atoms with E-state index in [1.165, 1.54) is 0 Å². The van der Waals surface area contributed by atoms with Crippen molar-refractivity contribution in [2.75, 3.05) is 39.4 Å². The minimum atomic E-state index is -3.97. The molecule has 1 unspecified atom stereocenters. The molecule has 2 aliphatic rings. The quantitative estimate of drug-likeness (QED) is 0.591. The van der Waals surface area contributed by atoms with Gasteiger partial charge in [-0.05, 0) is 0 Å². The zero-order valence-corrected chi connectivity index (χ0v) is 10.9. The molecule has 0 aromatic heterocycles. The summed E-state index contributed by atoms with van der Waals surface area (Å²) in [5, 5.41) is 11.4. The molecule has 2 rings (SSSR count). The van der Waals surface area contributed by atoms with Crippen molar-refractivity contribution in [2.45, 2.75) is 6.04 Å². The second-order valence-electron chi connectivity index (χ2n) is 4.22. The monoisotopic (exact) mass is 293 g/mol. The lowest BCUT2D eigenvalue weighted by molar-refractivity contribution is -0.143. The molecule has 0 radical (unpaired) electrons. The van der Waals surface area contributed by atoms with Crippen LogP contribution in [0.15, 0.2) is 0 Å². The summed E-state index contributed by atoms with van der Waals surface area (Å²) in [7, 11) is -3.97. The van der Waals surface area contributed by atoms with Crippen molar-refractivity contribution in [2.24, 2.45) is 0 Å². The third-order valence-electron chi connectivity index (χ3n) is 3.02. The Labute approximate surface area is 110 Å². The molecule has 2 N–H and O–H groups in total. The lowest BCUT2D eigenvalue weighted by atomic mass is 10.2. The van der Waals surface area contributed by atoms with Crippen LogP contribution >= 0.6 is 0 Å². The molecule has 0 bridgehead atoms. The summed E-state index contributed by atoms with van der Waals surface area (Å²) in [6.07, 6.45) is 0. The fraction of sp³-hybridized carbons (Fsp3) is 0.778. The zero-order valence-electron chi connectivity index (χ0n) is 10.1. The van der Waals surface area contributed by atoms with E-state index in [4.69, 9.17) is 9.84 Å². The number of carboxylic acid groups (broad SMARTS) is 1. The Hall–Kier alpha value is -1.23. The molecule has 2 heterocycles. The highest BCUT2D eigenvalue weighted by molar-refractivity contribution is 7.86. The number of carbonyl (C=O) groups is 2. The highest BCUT2D eigenvalue weighted by Crippen LogP contribution is 2.16. The molecular weight excluding hydrogens is 278 g/mol. The molecule has 0 saturated carbocycles. The van der Waals surface area contributed by atoms with Gasteiger partial charge in [0, 0.05) is 19.6 Å². The number of aliphatic carboxylic acids is 1. The van der Waals surface area contributed by atoms with Gasteiger partial charge in [-0.25, -0.2) is 0 Å². The number of rotatable bonds is 3. The van der Waals surface area contributed by atoms with Crippen LogP contribution in [0.2, 0.25) is 0 Å². The minimum Gasteiger partial charge on any atom is -0.480 e. The minimum absolute atomic E-state index is 0.160. The summed E-state index contributed by atoms with van der Waals surface area (Å²) in [5.41, 5.74) is 0. The zero-order chi connectivity index (χ0) is 14.0. The Kier molecular flexibility index (Phi) is 4.04. The number of amides is 1. The first-order chi connectivity index (χ1) is 8.93. The molecule has 0 spiro atoms. The van der Waals surface area contributed by atoms with Crippen molar-refractivity contribution < 1.29 is 27.9 Å². The second kappa shape index (κ2) is 5.41. The van der Waals surface area contributed by atoms with Gasteiger partial charge in [-0.15, -0.1) is 0 Å². The van der Waals surface area contributed by atoms with Crippen molar-refractivity contribution in [3.8, 4) is 0 Å². The standard InChI is InChI=1S/C9H15N3O6S/c13-8-6-12(7(5-10-8)9(14)15)19(16,17)11-1-3-18-4-2-11/h7H,1-6H2,(H,10,13)(H,14,15). The van der Waals surface area contributed by atoms with Crippen LogP contribution in [-0.4, -0.2) is 79.4 Å². The normalized spacial score (nSPS) is 26.9. The topological polar surface area (TPSA) is 116 Å². The number of nitrogens with one attached hydrogen (secondary N) is 1. The fourth-order valence-corrected chi connectivity index (χ4v) is 3.67. The molecule has 0 aromatic carbocycles. The number of carboxylic acids is 1. The molecule has 2 aliphatic heterocycles. The molecule has 10 heteroatoms. The Morgan fingerprint density at radius 2 is 2.00 bits per heavy atom. The Morgan fingerprint density at radius 1 is 1.37 bits per heavy atom. The summed E-state index contributed by atoms with van der Waals surface area (Å²) in [5.74, 6) is -1.79. The van der Waals surface area contributed by atoms with E-state index in [9.17, 15) is 18.0 Å². The van der Waals surface area contributed by atoms with E-state index < -0.39 is 34.7 Å². The van der Waals surface area contributed by atoms with Crippen LogP contribution in [0.25, 0.3) is 0 Å². The lowest BCUT2D eigenvalue weighted by Crippen LogP contribution is -2.62. The third kappa shape index (κ3) is 2.86. The first kappa shape index (κ1) is 14.2. The summed E-state index contributed by atoms with van der Waals surface area (Å²) in [6, 6.07) is -1.27. The van der Waals surface area contributed by atoms with E-state index in [2.05, 4.69) is 5.32 Å². The molecular formula is C9H15N3O6S. The molecule has 0 aliphatic carbocycles. The maximum absolute atomic E-state index is 12.4. The van der Waals surface area contributed by atoms with E-state index >= 15 is 0 Å². The van der Waals surface area contributed by atoms with Gasteiger partial charge in [-0.2, -0.15) is 17.0 Å². The summed E-state index contributed by atoms with van der Waals surface area (Å²) in [6.45, 7) is 0.141. The average Bonchev–Trinajstić information content (AvgIpc) is 2.39. The molecule has 2 saturated heterocycles. The van der Waals surface area contributed by atoms with Gasteiger partial charge in [0.25, 0.3) is 10.2 Å². The third-order valence-corrected chi connectivity index (χ3v) is 5.01. The van der Waals surface area contributed by atoms with Crippen LogP contribution in [0.4, 0.5) is 0 Å². The smallest absolute Gasteiger partial charge is 0.323 e. The van der Waals surface area contributed by atoms with Crippen LogP contribution in [0, 0.1) is 0 Å². The predicted octanol–water partition coefficient (Wildman–Crippen LogP) is -2.55. The molecule has 2 fully saturated rings. The number of piperazine rings is 1. The van der Waals surface area contributed by atoms with Crippen LogP contribution < -0.4 is 5.32 Å². The number of ether oxygens (including phenoxy) is 1. The highest BCUT2D eigenvalue weighted by atomic mass is 32.2. The molecule has 19 heavy (non-hydrogen) atoms. The van der Waals surface area contributed by atoms with E-state index in [-0.39, 0.29) is 32.8 Å². The Bertz CT molecular complexity index is 472. The van der Waals surface area contributed by atoms with Gasteiger partial charge in [0.1, 0.15) is 6.04 Å². The average molecular weight is 293 g/mol. The summed E-state index contributed by atoms with van der Waals surface area (Å²) < 4.78 is 31.6. The number of hydrogen-bond acceptors (Lipinski definition) is 5. The maximum atomic E-state index is 12.4. The number of carbonyl (C=O) groups excluding carboxylic acids is 1. The van der Waals surface area contributed by atoms with Crippen molar-refractivity contribution in [1.82, 2.24) is 13.9 Å². The first-order valence-electron chi connectivity index (χ1n) is 5.77. The van der Waals surface area contributed by atoms with E-state index in [1.807, 2.05) is 0 Å². The molecule has 108 valence electrons. The number of morpholine rings is 1. The highest BCUT2D eigenvalue weighted by Gasteiger charge is 2.42. The Balaban J connectivity index is 2.24. The molecule has 9 nitrogen and oxygen atoms in total. The van der Waals surface area contributed by atoms with Gasteiger partial charge in [0.15, 0.2) is 0 Å². The van der Waals surface area contributed by atoms with Gasteiger partial charge in [-0.1, -0.05) is 0 Å². The second-order valence-corrected chi connectivity index (χ2v) is 6.10. The Morgan fingerprint density at radius 3 is 2.58 bits per heavy atom. The fourth-order valence-electron chi connectivity index (χ4n) is 2.00. The maximum Gasteiger partial charge on any atom is 0.323 e. The first-order valence-corrected chi connectivity index (χ1v) is 7.17. The van der Waals surface area contributed by atoms with Crippen molar-refractivity contribution in [3.05, 3.63) is 0 Å². The van der Waals surface area contributed by atoms with Crippen LogP contribution in [0.3, 0.4) is 0 Å². The van der Waals surface area contributed by atoms with Crippen molar-refractivity contribution in [3.63, 3.8) is 0 Å². The summed E-state index contributed by atoms with van der Waals surface area (Å²) >= 11 is 0. The van der Waals surface area contributed by atoms with E-state index in [1.54, 1.807) is 0 Å². The SMILES string of the molecule is O=C1CN(S(=O)(=O)N2CCOCC2)C(C(=O)O)CN1. The van der Waals surface area contributed by atoms with Gasteiger partial charge >= 0.3 is 5.97 Å². The van der Waals surface area contributed by atoms with Crippen LogP contribution in [-0.2, 0) is 24.5 Å². The number of hydrogen-bond donors (Lipinski definition) is 2. The predicted molar refractivity (Wildman–Crippen MR) is 62.5 cm³/mol. The summed E-state index contributed by atoms with van der Waals surface area (Å²) in [4.78, 5) is 22.4. The van der Waals surface area contributed by atoms with Crippen molar-refractivity contribution in [1.29, 1.82) is 0 Å². The largest absolute Gasteiger partial charge is 0.480 e.